The number of hydrogen-bond donors (Lipinski definition) is 5. The molecule has 1 saturated heterocycles. The van der Waals surface area contributed by atoms with Crippen molar-refractivity contribution in [1.29, 1.82) is 0 Å². The number of fused-ring (bicyclic) bond motifs is 1. The number of carbonyl (C=O) groups is 3. The molecule has 4 atom stereocenters. The second kappa shape index (κ2) is 16.3. The number of likely N-dealkylation sites (tertiary alicyclic amines) is 1. The fraction of sp³-hybridized carbons (Fsp3) is 0.516. The highest BCUT2D eigenvalue weighted by atomic mass is 16.6. The highest BCUT2D eigenvalue weighted by Crippen LogP contribution is 2.43. The van der Waals surface area contributed by atoms with Gasteiger partial charge in [0, 0.05) is 13.7 Å². The van der Waals surface area contributed by atoms with Crippen LogP contribution >= 0.6 is 0 Å². The van der Waals surface area contributed by atoms with E-state index in [9.17, 15) is 34.8 Å². The van der Waals surface area contributed by atoms with Crippen molar-refractivity contribution < 1.29 is 58.5 Å². The van der Waals surface area contributed by atoms with E-state index in [0.29, 0.717) is 18.9 Å². The molecule has 1 amide bonds. The summed E-state index contributed by atoms with van der Waals surface area (Å²) in [5.41, 5.74) is 1.31. The van der Waals surface area contributed by atoms with Crippen LogP contribution < -0.4 is 24.3 Å². The summed E-state index contributed by atoms with van der Waals surface area (Å²) in [5.74, 6) is -3.33. The number of aliphatic hydroxyl groups excluding tert-OH is 2. The normalized spacial score (nSPS) is 17.1. The largest absolute Gasteiger partial charge is 0.493 e. The summed E-state index contributed by atoms with van der Waals surface area (Å²) >= 11 is 0. The Morgan fingerprint density at radius 3 is 2.36 bits per heavy atom. The number of aliphatic hydroxyl groups is 2. The van der Waals surface area contributed by atoms with Crippen molar-refractivity contribution in [3.05, 3.63) is 47.5 Å². The summed E-state index contributed by atoms with van der Waals surface area (Å²) in [6.45, 7) is 2.92. The van der Waals surface area contributed by atoms with E-state index in [4.69, 9.17) is 23.7 Å². The van der Waals surface area contributed by atoms with Crippen molar-refractivity contribution >= 4 is 17.8 Å². The van der Waals surface area contributed by atoms with Crippen molar-refractivity contribution in [2.24, 2.45) is 0 Å². The number of nitrogens with one attached hydrogen (secondary N) is 1. The molecular formula is C31H40N2O12. The average molecular weight is 633 g/mol. The average Bonchev–Trinajstić information content (AvgIpc) is 3.55. The molecule has 2 aromatic carbocycles. The number of aliphatic carboxylic acids is 2. The SMILES string of the molecule is COCCc1ccc(OCCC(=O)N[C@H](CN2CCCC2)[C@H](O)c2cc3c(c(O[C@@H](C(=O)O)[C@@H](O)C(=O)O)c2)OCCO3)cc1. The molecule has 2 aliphatic heterocycles. The lowest BCUT2D eigenvalue weighted by Gasteiger charge is -2.30. The first-order valence-electron chi connectivity index (χ1n) is 14.8. The minimum absolute atomic E-state index is 0.00467. The third-order valence-corrected chi connectivity index (χ3v) is 7.51. The first-order valence-corrected chi connectivity index (χ1v) is 14.8. The van der Waals surface area contributed by atoms with Crippen molar-refractivity contribution in [2.75, 3.05) is 53.2 Å². The van der Waals surface area contributed by atoms with Crippen LogP contribution in [-0.4, -0.2) is 115 Å². The van der Waals surface area contributed by atoms with Gasteiger partial charge in [0.15, 0.2) is 17.6 Å². The van der Waals surface area contributed by atoms with Gasteiger partial charge >= 0.3 is 11.9 Å². The van der Waals surface area contributed by atoms with Crippen molar-refractivity contribution in [1.82, 2.24) is 10.2 Å². The molecule has 14 heteroatoms. The van der Waals surface area contributed by atoms with Crippen LogP contribution in [-0.2, 0) is 25.5 Å². The Labute approximate surface area is 260 Å². The summed E-state index contributed by atoms with van der Waals surface area (Å²) in [6, 6.07) is 9.53. The van der Waals surface area contributed by atoms with Crippen LogP contribution in [0.15, 0.2) is 36.4 Å². The summed E-state index contributed by atoms with van der Waals surface area (Å²) in [7, 11) is 1.65. The number of carboxylic acid groups (broad SMARTS) is 2. The molecule has 0 saturated carbocycles. The molecular weight excluding hydrogens is 592 g/mol. The zero-order valence-electron chi connectivity index (χ0n) is 25.1. The zero-order valence-corrected chi connectivity index (χ0v) is 25.1. The molecule has 0 radical (unpaired) electrons. The lowest BCUT2D eigenvalue weighted by Crippen LogP contribution is -2.47. The number of hydrogen-bond acceptors (Lipinski definition) is 11. The van der Waals surface area contributed by atoms with Gasteiger partial charge < -0.3 is 54.3 Å². The van der Waals surface area contributed by atoms with Crippen LogP contribution in [0.25, 0.3) is 0 Å². The van der Waals surface area contributed by atoms with Crippen LogP contribution in [0.5, 0.6) is 23.0 Å². The smallest absolute Gasteiger partial charge is 0.348 e. The third kappa shape index (κ3) is 9.44. The number of amides is 1. The quantitative estimate of drug-likeness (QED) is 0.166. The summed E-state index contributed by atoms with van der Waals surface area (Å²) in [5, 5.41) is 43.1. The molecule has 0 unspecified atom stereocenters. The van der Waals surface area contributed by atoms with E-state index in [1.54, 1.807) is 7.11 Å². The predicted octanol–water partition coefficient (Wildman–Crippen LogP) is 1.01. The number of nitrogens with zero attached hydrogens (tertiary/aromatic N) is 1. The molecule has 0 spiro atoms. The number of ether oxygens (including phenoxy) is 5. The molecule has 1 fully saturated rings. The van der Waals surface area contributed by atoms with Gasteiger partial charge in [0.1, 0.15) is 25.1 Å². The third-order valence-electron chi connectivity index (χ3n) is 7.51. The van der Waals surface area contributed by atoms with Crippen molar-refractivity contribution in [3.63, 3.8) is 0 Å². The van der Waals surface area contributed by atoms with Gasteiger partial charge in [-0.3, -0.25) is 4.79 Å². The summed E-state index contributed by atoms with van der Waals surface area (Å²) < 4.78 is 27.5. The maximum Gasteiger partial charge on any atom is 0.348 e. The fourth-order valence-electron chi connectivity index (χ4n) is 5.13. The van der Waals surface area contributed by atoms with E-state index in [0.717, 1.165) is 37.9 Å². The van der Waals surface area contributed by atoms with Gasteiger partial charge in [-0.25, -0.2) is 9.59 Å². The van der Waals surface area contributed by atoms with Gasteiger partial charge in [0.2, 0.25) is 17.8 Å². The Balaban J connectivity index is 1.49. The molecule has 0 aromatic heterocycles. The monoisotopic (exact) mass is 632 g/mol. The highest BCUT2D eigenvalue weighted by Gasteiger charge is 2.37. The van der Waals surface area contributed by atoms with Crippen molar-refractivity contribution in [2.45, 2.75) is 50.0 Å². The Hall–Kier alpha value is -4.11. The van der Waals surface area contributed by atoms with Gasteiger partial charge in [-0.15, -0.1) is 0 Å². The highest BCUT2D eigenvalue weighted by molar-refractivity contribution is 5.83. The Kier molecular flexibility index (Phi) is 12.2. The molecule has 246 valence electrons. The first-order chi connectivity index (χ1) is 21.7. The molecule has 5 N–H and O–H groups in total. The first kappa shape index (κ1) is 33.8. The predicted molar refractivity (Wildman–Crippen MR) is 158 cm³/mol. The van der Waals surface area contributed by atoms with Gasteiger partial charge in [0.25, 0.3) is 0 Å². The number of carboxylic acids is 2. The Morgan fingerprint density at radius 1 is 0.978 bits per heavy atom. The lowest BCUT2D eigenvalue weighted by atomic mass is 10.00. The van der Waals surface area contributed by atoms with Gasteiger partial charge in [-0.05, 0) is 67.7 Å². The van der Waals surface area contributed by atoms with E-state index >= 15 is 0 Å². The molecule has 4 rings (SSSR count). The minimum Gasteiger partial charge on any atom is -0.493 e. The Morgan fingerprint density at radius 2 is 1.69 bits per heavy atom. The van der Waals surface area contributed by atoms with E-state index in [1.165, 1.54) is 12.1 Å². The van der Waals surface area contributed by atoms with Crippen LogP contribution in [0.3, 0.4) is 0 Å². The standard InChI is InChI=1S/C31H40N2O12/c1-41-12-8-19-4-6-21(7-5-19)42-13-9-25(34)32-22(18-33-10-2-3-11-33)26(35)20-16-23-28(44-15-14-43-23)24(17-20)45-29(31(39)40)27(36)30(37)38/h4-7,16-17,22,26-27,29,35-36H,2-3,8-15,18H2,1H3,(H,32,34)(H,37,38)(H,39,40)/t22-,26-,27-,29-/m1/s1. The van der Waals surface area contributed by atoms with Crippen LogP contribution in [0.2, 0.25) is 0 Å². The molecule has 2 aromatic rings. The van der Waals surface area contributed by atoms with Crippen molar-refractivity contribution in [3.8, 4) is 23.0 Å². The maximum atomic E-state index is 13.0. The second-order valence-electron chi connectivity index (χ2n) is 10.8. The summed E-state index contributed by atoms with van der Waals surface area (Å²) in [6.07, 6.45) is -3.08. The van der Waals surface area contributed by atoms with Gasteiger partial charge in [-0.1, -0.05) is 12.1 Å². The minimum atomic E-state index is -2.38. The molecule has 0 bridgehead atoms. The number of benzene rings is 2. The topological polar surface area (TPSA) is 194 Å². The van der Waals surface area contributed by atoms with Crippen LogP contribution in [0, 0.1) is 0 Å². The maximum absolute atomic E-state index is 13.0. The summed E-state index contributed by atoms with van der Waals surface area (Å²) in [4.78, 5) is 38.2. The van der Waals surface area contributed by atoms with E-state index in [1.807, 2.05) is 24.3 Å². The zero-order chi connectivity index (χ0) is 32.3. The van der Waals surface area contributed by atoms with Crippen LogP contribution in [0.4, 0.5) is 0 Å². The molecule has 45 heavy (non-hydrogen) atoms. The number of rotatable bonds is 17. The van der Waals surface area contributed by atoms with E-state index in [2.05, 4.69) is 10.2 Å². The molecule has 0 aliphatic carbocycles. The van der Waals surface area contributed by atoms with Gasteiger partial charge in [-0.2, -0.15) is 0 Å². The second-order valence-corrected chi connectivity index (χ2v) is 10.8. The Bertz CT molecular complexity index is 1300. The van der Waals surface area contributed by atoms with E-state index in [-0.39, 0.29) is 55.0 Å². The molecule has 2 aliphatic rings. The number of methoxy groups -OCH3 is 1. The molecule has 2 heterocycles. The van der Waals surface area contributed by atoms with Gasteiger partial charge in [0.05, 0.1) is 25.7 Å². The fourth-order valence-corrected chi connectivity index (χ4v) is 5.13. The number of carbonyl (C=O) groups excluding carboxylic acids is 1. The molecule has 14 nitrogen and oxygen atoms in total. The van der Waals surface area contributed by atoms with E-state index < -0.39 is 36.3 Å². The lowest BCUT2D eigenvalue weighted by molar-refractivity contribution is -0.163. The van der Waals surface area contributed by atoms with Crippen LogP contribution in [0.1, 0.15) is 36.5 Å².